The van der Waals surface area contributed by atoms with Crippen LogP contribution in [0, 0.1) is 13.8 Å². The van der Waals surface area contributed by atoms with Crippen molar-refractivity contribution in [3.8, 4) is 0 Å². The van der Waals surface area contributed by atoms with Gasteiger partial charge in [-0.3, -0.25) is 9.69 Å². The summed E-state index contributed by atoms with van der Waals surface area (Å²) in [7, 11) is 0. The maximum absolute atomic E-state index is 13.6. The van der Waals surface area contributed by atoms with Crippen molar-refractivity contribution >= 4 is 11.6 Å². The molecule has 0 bridgehead atoms. The minimum atomic E-state index is -0.360. The third kappa shape index (κ3) is 3.18. The second-order valence-electron chi connectivity index (χ2n) is 8.06. The Morgan fingerprint density at radius 3 is 2.48 bits per heavy atom. The summed E-state index contributed by atoms with van der Waals surface area (Å²) < 4.78 is 0. The molecule has 1 aromatic heterocycles. The molecule has 1 atom stereocenters. The summed E-state index contributed by atoms with van der Waals surface area (Å²) in [6.45, 7) is 8.84. The molecule has 1 aromatic carbocycles. The zero-order valence-electron chi connectivity index (χ0n) is 16.7. The van der Waals surface area contributed by atoms with Crippen LogP contribution in [0.15, 0.2) is 24.3 Å². The molecule has 3 heterocycles. The van der Waals surface area contributed by atoms with Gasteiger partial charge in [-0.1, -0.05) is 24.6 Å². The first kappa shape index (κ1) is 18.2. The van der Waals surface area contributed by atoms with Gasteiger partial charge < -0.3 is 9.88 Å². The monoisotopic (exact) mass is 366 g/mol. The van der Waals surface area contributed by atoms with Crippen LogP contribution in [0.4, 0.5) is 5.69 Å². The van der Waals surface area contributed by atoms with E-state index in [1.54, 1.807) is 0 Å². The lowest BCUT2D eigenvalue weighted by atomic mass is 9.85. The van der Waals surface area contributed by atoms with Crippen molar-refractivity contribution in [2.45, 2.75) is 65.0 Å². The molecule has 0 saturated carbocycles. The van der Waals surface area contributed by atoms with E-state index in [1.165, 1.54) is 5.56 Å². The first-order valence-corrected chi connectivity index (χ1v) is 10.2. The number of nitrogens with zero attached hydrogens (tertiary/aromatic N) is 3. The predicted molar refractivity (Wildman–Crippen MR) is 108 cm³/mol. The Bertz CT molecular complexity index is 825. The van der Waals surface area contributed by atoms with Crippen LogP contribution >= 0.6 is 0 Å². The molecule has 1 N–H and O–H groups in total. The Morgan fingerprint density at radius 1 is 1.11 bits per heavy atom. The molecule has 0 aliphatic carbocycles. The summed E-state index contributed by atoms with van der Waals surface area (Å²) in [4.78, 5) is 26.2. The molecular formula is C22H30N4O. The van der Waals surface area contributed by atoms with E-state index in [1.807, 2.05) is 4.90 Å². The molecule has 144 valence electrons. The number of aromatic amines is 1. The number of rotatable bonds is 4. The van der Waals surface area contributed by atoms with E-state index in [2.05, 4.69) is 54.9 Å². The average molecular weight is 367 g/mol. The molecule has 4 rings (SSSR count). The second-order valence-corrected chi connectivity index (χ2v) is 8.06. The molecular weight excluding hydrogens is 336 g/mol. The number of carbonyl (C=O) groups is 1. The lowest BCUT2D eigenvalue weighted by Gasteiger charge is -2.44. The Kier molecular flexibility index (Phi) is 4.81. The highest BCUT2D eigenvalue weighted by Crippen LogP contribution is 2.40. The molecule has 1 amide bonds. The van der Waals surface area contributed by atoms with Crippen molar-refractivity contribution in [1.29, 1.82) is 0 Å². The van der Waals surface area contributed by atoms with Gasteiger partial charge in [0.2, 0.25) is 5.91 Å². The number of imidazole rings is 1. The van der Waals surface area contributed by atoms with Gasteiger partial charge in [-0.2, -0.15) is 0 Å². The van der Waals surface area contributed by atoms with Crippen LogP contribution in [0.1, 0.15) is 55.4 Å². The molecule has 2 aliphatic heterocycles. The number of aromatic nitrogens is 2. The highest BCUT2D eigenvalue weighted by molar-refractivity contribution is 6.01. The number of amides is 1. The van der Waals surface area contributed by atoms with Gasteiger partial charge in [0, 0.05) is 30.9 Å². The Hall–Kier alpha value is -2.14. The van der Waals surface area contributed by atoms with Crippen molar-refractivity contribution in [2.24, 2.45) is 0 Å². The van der Waals surface area contributed by atoms with E-state index in [9.17, 15) is 4.79 Å². The number of carbonyl (C=O) groups excluding carboxylic acids is 1. The van der Waals surface area contributed by atoms with Crippen molar-refractivity contribution in [3.63, 3.8) is 0 Å². The number of aryl methyl sites for hydroxylation is 3. The number of hydrogen-bond acceptors (Lipinski definition) is 3. The summed E-state index contributed by atoms with van der Waals surface area (Å²) in [6, 6.07) is 8.35. The Labute approximate surface area is 161 Å². The molecule has 0 radical (unpaired) electrons. The van der Waals surface area contributed by atoms with Crippen LogP contribution < -0.4 is 4.90 Å². The fourth-order valence-corrected chi connectivity index (χ4v) is 4.72. The number of piperidine rings is 1. The average Bonchev–Trinajstić information content (AvgIpc) is 3.23. The number of nitrogens with one attached hydrogen (secondary N) is 1. The summed E-state index contributed by atoms with van der Waals surface area (Å²) in [6.07, 6.45) is 4.95. The first-order chi connectivity index (χ1) is 13.0. The van der Waals surface area contributed by atoms with Gasteiger partial charge >= 0.3 is 0 Å². The lowest BCUT2D eigenvalue weighted by molar-refractivity contribution is -0.131. The van der Waals surface area contributed by atoms with Crippen molar-refractivity contribution < 1.29 is 4.79 Å². The zero-order chi connectivity index (χ0) is 19.0. The lowest BCUT2D eigenvalue weighted by Crippen LogP contribution is -2.60. The van der Waals surface area contributed by atoms with Gasteiger partial charge in [0.05, 0.1) is 5.69 Å². The topological polar surface area (TPSA) is 52.2 Å². The summed E-state index contributed by atoms with van der Waals surface area (Å²) in [5, 5.41) is 0. The maximum Gasteiger partial charge on any atom is 0.247 e. The number of benzene rings is 1. The summed E-state index contributed by atoms with van der Waals surface area (Å²) in [5.74, 6) is 1.31. The van der Waals surface area contributed by atoms with Gasteiger partial charge in [0.15, 0.2) is 0 Å². The number of likely N-dealkylation sites (tertiary alicyclic amines) is 1. The summed E-state index contributed by atoms with van der Waals surface area (Å²) >= 11 is 0. The Morgan fingerprint density at radius 2 is 1.81 bits per heavy atom. The van der Waals surface area contributed by atoms with E-state index >= 15 is 0 Å². The van der Waals surface area contributed by atoms with Crippen LogP contribution in [0.5, 0.6) is 0 Å². The molecule has 1 spiro atoms. The summed E-state index contributed by atoms with van der Waals surface area (Å²) in [5.41, 5.74) is 4.11. The normalized spacial score (nSPS) is 23.5. The highest BCUT2D eigenvalue weighted by Gasteiger charge is 2.51. The smallest absolute Gasteiger partial charge is 0.247 e. The van der Waals surface area contributed by atoms with Crippen LogP contribution in [-0.2, 0) is 17.8 Å². The molecule has 5 heteroatoms. The van der Waals surface area contributed by atoms with Crippen molar-refractivity contribution in [1.82, 2.24) is 14.9 Å². The molecule has 27 heavy (non-hydrogen) atoms. The van der Waals surface area contributed by atoms with Gasteiger partial charge in [-0.25, -0.2) is 4.98 Å². The number of hydrogen-bond donors (Lipinski definition) is 1. The first-order valence-electron chi connectivity index (χ1n) is 10.2. The van der Waals surface area contributed by atoms with Crippen LogP contribution in [0.25, 0.3) is 0 Å². The number of anilines is 1. The zero-order valence-corrected chi connectivity index (χ0v) is 16.7. The minimum Gasteiger partial charge on any atom is -0.346 e. The van der Waals surface area contributed by atoms with E-state index in [-0.39, 0.29) is 11.4 Å². The van der Waals surface area contributed by atoms with Gasteiger partial charge in [0.1, 0.15) is 11.4 Å². The van der Waals surface area contributed by atoms with Crippen molar-refractivity contribution in [2.75, 3.05) is 18.0 Å². The molecule has 5 nitrogen and oxygen atoms in total. The van der Waals surface area contributed by atoms with Crippen LogP contribution in [-0.4, -0.2) is 39.4 Å². The molecule has 2 aliphatic rings. The van der Waals surface area contributed by atoms with Gasteiger partial charge in [0.25, 0.3) is 0 Å². The van der Waals surface area contributed by atoms with Crippen molar-refractivity contribution in [3.05, 3.63) is 47.0 Å². The standard InChI is InChI=1S/C22H30N4O/c1-4-20-23-17(3)19(24-20)15-25-13-5-11-22(25)12-6-14-26(21(22)27)18-9-7-16(2)8-10-18/h7-10H,4-6,11-15H2,1-3H3,(H,23,24). The SMILES string of the molecule is CCc1nc(CN2CCCC23CCCN(c2ccc(C)cc2)C3=O)c(C)[nH]1. The second kappa shape index (κ2) is 7.12. The van der Waals surface area contributed by atoms with E-state index < -0.39 is 0 Å². The Balaban J connectivity index is 1.60. The molecule has 2 fully saturated rings. The molecule has 1 unspecified atom stereocenters. The quantitative estimate of drug-likeness (QED) is 0.897. The third-order valence-corrected chi connectivity index (χ3v) is 6.29. The number of H-pyrrole nitrogens is 1. The third-order valence-electron chi connectivity index (χ3n) is 6.29. The maximum atomic E-state index is 13.6. The predicted octanol–water partition coefficient (Wildman–Crippen LogP) is 3.75. The fraction of sp³-hybridized carbons (Fsp3) is 0.545. The van der Waals surface area contributed by atoms with Crippen LogP contribution in [0.2, 0.25) is 0 Å². The molecule has 2 aromatic rings. The highest BCUT2D eigenvalue weighted by atomic mass is 16.2. The van der Waals surface area contributed by atoms with E-state index in [0.29, 0.717) is 0 Å². The largest absolute Gasteiger partial charge is 0.346 e. The van der Waals surface area contributed by atoms with Gasteiger partial charge in [-0.15, -0.1) is 0 Å². The fourth-order valence-electron chi connectivity index (χ4n) is 4.72. The van der Waals surface area contributed by atoms with E-state index in [4.69, 9.17) is 4.98 Å². The van der Waals surface area contributed by atoms with Crippen LogP contribution in [0.3, 0.4) is 0 Å². The van der Waals surface area contributed by atoms with E-state index in [0.717, 1.165) is 74.6 Å². The minimum absolute atomic E-state index is 0.277. The van der Waals surface area contributed by atoms with Gasteiger partial charge in [-0.05, 0) is 58.2 Å². The molecule has 2 saturated heterocycles.